The van der Waals surface area contributed by atoms with Crippen LogP contribution in [0.5, 0.6) is 0 Å². The minimum Gasteiger partial charge on any atom is -0.362 e. The first-order valence-corrected chi connectivity index (χ1v) is 11.7. The number of anilines is 1. The first kappa shape index (κ1) is 22.3. The topological polar surface area (TPSA) is 44.7 Å². The molecule has 6 heteroatoms. The molecule has 2 aromatic rings. The smallest absolute Gasteiger partial charge is 0.264 e. The van der Waals surface area contributed by atoms with E-state index in [1.54, 1.807) is 12.1 Å². The van der Waals surface area contributed by atoms with Crippen molar-refractivity contribution in [3.63, 3.8) is 0 Å². The second kappa shape index (κ2) is 8.58. The van der Waals surface area contributed by atoms with Crippen molar-refractivity contribution >= 4 is 45.9 Å². The van der Waals surface area contributed by atoms with Gasteiger partial charge in [-0.05, 0) is 105 Å². The van der Waals surface area contributed by atoms with Crippen LogP contribution in [-0.2, 0) is 4.79 Å². The first-order chi connectivity index (χ1) is 15.2. The molecular weight excluding hydrogens is 421 g/mol. The number of aliphatic imine (C=N–C) groups is 1. The van der Waals surface area contributed by atoms with Crippen LogP contribution in [0.15, 0.2) is 52.4 Å². The number of allylic oxidation sites excluding steroid dienone is 1. The van der Waals surface area contributed by atoms with Gasteiger partial charge in [0.05, 0.1) is 16.1 Å². The number of benzene rings is 2. The van der Waals surface area contributed by atoms with Crippen LogP contribution < -0.4 is 10.2 Å². The molecule has 1 amide bonds. The van der Waals surface area contributed by atoms with Crippen LogP contribution in [0, 0.1) is 12.7 Å². The molecule has 0 bridgehead atoms. The maximum Gasteiger partial charge on any atom is 0.264 e. The Labute approximate surface area is 193 Å². The molecule has 2 aromatic carbocycles. The van der Waals surface area contributed by atoms with E-state index in [0.717, 1.165) is 24.1 Å². The lowest BCUT2D eigenvalue weighted by Gasteiger charge is -2.43. The van der Waals surface area contributed by atoms with Crippen molar-refractivity contribution in [2.24, 2.45) is 4.99 Å². The zero-order valence-electron chi connectivity index (χ0n) is 19.1. The number of halogens is 1. The van der Waals surface area contributed by atoms with Crippen LogP contribution >= 0.6 is 11.8 Å². The lowest BCUT2D eigenvalue weighted by atomic mass is 9.86. The molecule has 0 radical (unpaired) electrons. The lowest BCUT2D eigenvalue weighted by molar-refractivity contribution is -0.115. The van der Waals surface area contributed by atoms with Crippen LogP contribution in [0.3, 0.4) is 0 Å². The quantitative estimate of drug-likeness (QED) is 0.547. The summed E-state index contributed by atoms with van der Waals surface area (Å²) >= 11 is 1.30. The summed E-state index contributed by atoms with van der Waals surface area (Å²) in [5.74, 6) is -0.486. The maximum atomic E-state index is 13.1. The number of carbonyl (C=O) groups is 1. The van der Waals surface area contributed by atoms with Gasteiger partial charge in [0, 0.05) is 17.8 Å². The molecule has 0 unspecified atom stereocenters. The maximum absolute atomic E-state index is 13.1. The number of fused-ring (bicyclic) bond motifs is 1. The Kier molecular flexibility index (Phi) is 5.99. The van der Waals surface area contributed by atoms with E-state index in [1.807, 2.05) is 6.08 Å². The molecule has 2 aliphatic heterocycles. The average Bonchev–Trinajstić information content (AvgIpc) is 3.06. The number of nitrogens with zero attached hydrogens (tertiary/aromatic N) is 2. The van der Waals surface area contributed by atoms with Crippen LogP contribution in [0.2, 0.25) is 0 Å². The molecule has 0 spiro atoms. The van der Waals surface area contributed by atoms with E-state index in [0.29, 0.717) is 15.8 Å². The summed E-state index contributed by atoms with van der Waals surface area (Å²) < 4.78 is 13.1. The predicted octanol–water partition coefficient (Wildman–Crippen LogP) is 6.44. The fourth-order valence-corrected chi connectivity index (χ4v) is 5.12. The summed E-state index contributed by atoms with van der Waals surface area (Å²) in [5, 5.41) is 3.30. The lowest BCUT2D eigenvalue weighted by Crippen LogP contribution is -2.45. The Bertz CT molecular complexity index is 1160. The van der Waals surface area contributed by atoms with Gasteiger partial charge in [0.15, 0.2) is 5.17 Å². The van der Waals surface area contributed by atoms with Crippen LogP contribution in [-0.4, -0.2) is 23.2 Å². The Morgan fingerprint density at radius 1 is 1.19 bits per heavy atom. The molecule has 2 aliphatic rings. The molecule has 1 fully saturated rings. The molecule has 0 saturated carbocycles. The van der Waals surface area contributed by atoms with Gasteiger partial charge in [-0.2, -0.15) is 0 Å². The Balaban J connectivity index is 1.67. The number of hydrogen-bond acceptors (Lipinski definition) is 4. The van der Waals surface area contributed by atoms with Gasteiger partial charge in [-0.25, -0.2) is 9.38 Å². The molecule has 0 aromatic heterocycles. The first-order valence-electron chi connectivity index (χ1n) is 10.8. The summed E-state index contributed by atoms with van der Waals surface area (Å²) in [6, 6.07) is 10.3. The number of amides is 1. The van der Waals surface area contributed by atoms with Crippen molar-refractivity contribution in [3.05, 3.63) is 69.9 Å². The highest BCUT2D eigenvalue weighted by Gasteiger charge is 2.31. The summed E-state index contributed by atoms with van der Waals surface area (Å²) in [6.07, 6.45) is 5.33. The van der Waals surface area contributed by atoms with Crippen LogP contribution in [0.1, 0.15) is 50.8 Å². The zero-order chi connectivity index (χ0) is 23.0. The summed E-state index contributed by atoms with van der Waals surface area (Å²) in [7, 11) is 0. The van der Waals surface area contributed by atoms with E-state index in [4.69, 9.17) is 0 Å². The second-order valence-corrected chi connectivity index (χ2v) is 9.85. The molecule has 1 N–H and O–H groups in total. The summed E-state index contributed by atoms with van der Waals surface area (Å²) in [4.78, 5) is 20.0. The fourth-order valence-electron chi connectivity index (χ4n) is 4.29. The van der Waals surface area contributed by atoms with Crippen LogP contribution in [0.4, 0.5) is 15.8 Å². The van der Waals surface area contributed by atoms with Crippen LogP contribution in [0.25, 0.3) is 11.6 Å². The molecule has 0 atom stereocenters. The SMILES string of the molecule is CCCN1c2cc(C)c(/C=C3/SC(=Nc4ccc(F)cc4)NC3=O)cc2C(C)=CC1(C)C. The van der Waals surface area contributed by atoms with Gasteiger partial charge >= 0.3 is 0 Å². The van der Waals surface area contributed by atoms with Gasteiger partial charge in [0.1, 0.15) is 5.82 Å². The Hall–Kier alpha value is -2.86. The number of aryl methyl sites for hydroxylation is 1. The molecule has 0 aliphatic carbocycles. The fraction of sp³-hybridized carbons (Fsp3) is 0.308. The molecular formula is C26H28FN3OS. The van der Waals surface area contributed by atoms with E-state index in [1.165, 1.54) is 40.7 Å². The van der Waals surface area contributed by atoms with Crippen molar-refractivity contribution in [1.29, 1.82) is 0 Å². The van der Waals surface area contributed by atoms with Crippen molar-refractivity contribution in [2.45, 2.75) is 46.6 Å². The van der Waals surface area contributed by atoms with Crippen molar-refractivity contribution < 1.29 is 9.18 Å². The number of amidine groups is 1. The van der Waals surface area contributed by atoms with Gasteiger partial charge < -0.3 is 10.2 Å². The Morgan fingerprint density at radius 2 is 1.91 bits per heavy atom. The van der Waals surface area contributed by atoms with E-state index < -0.39 is 0 Å². The van der Waals surface area contributed by atoms with Gasteiger partial charge in [0.25, 0.3) is 5.91 Å². The summed E-state index contributed by atoms with van der Waals surface area (Å²) in [6.45, 7) is 11.9. The minimum absolute atomic E-state index is 0.0353. The number of thioether (sulfide) groups is 1. The standard InChI is InChI=1S/C26H28FN3OS/c1-6-11-30-22-12-16(2)18(13-21(22)17(3)15-26(30,4)5)14-23-24(31)29-25(32-23)28-20-9-7-19(27)8-10-20/h7-10,12-15H,6,11H2,1-5H3,(H,28,29,31)/b23-14+. The highest BCUT2D eigenvalue weighted by Crippen LogP contribution is 2.41. The number of nitrogens with one attached hydrogen (secondary N) is 1. The number of carbonyl (C=O) groups excluding carboxylic acids is 1. The normalized spacial score (nSPS) is 19.9. The third kappa shape index (κ3) is 4.37. The molecule has 166 valence electrons. The Morgan fingerprint density at radius 3 is 2.59 bits per heavy atom. The van der Waals surface area contributed by atoms with Gasteiger partial charge in [-0.3, -0.25) is 4.79 Å². The molecule has 4 nitrogen and oxygen atoms in total. The second-order valence-electron chi connectivity index (χ2n) is 8.82. The average molecular weight is 450 g/mol. The van der Waals surface area contributed by atoms with E-state index in [2.05, 4.69) is 68.0 Å². The third-order valence-corrected chi connectivity index (χ3v) is 6.72. The van der Waals surface area contributed by atoms with E-state index in [-0.39, 0.29) is 17.3 Å². The number of rotatable bonds is 4. The van der Waals surface area contributed by atoms with E-state index in [9.17, 15) is 9.18 Å². The van der Waals surface area contributed by atoms with Gasteiger partial charge in [0.2, 0.25) is 0 Å². The van der Waals surface area contributed by atoms with Crippen molar-refractivity contribution in [3.8, 4) is 0 Å². The third-order valence-electron chi connectivity index (χ3n) is 5.81. The van der Waals surface area contributed by atoms with Gasteiger partial charge in [-0.15, -0.1) is 0 Å². The highest BCUT2D eigenvalue weighted by molar-refractivity contribution is 8.18. The highest BCUT2D eigenvalue weighted by atomic mass is 32.2. The summed E-state index contributed by atoms with van der Waals surface area (Å²) in [5.41, 5.74) is 6.41. The largest absolute Gasteiger partial charge is 0.362 e. The predicted molar refractivity (Wildman–Crippen MR) is 134 cm³/mol. The molecule has 32 heavy (non-hydrogen) atoms. The van der Waals surface area contributed by atoms with Crippen molar-refractivity contribution in [2.75, 3.05) is 11.4 Å². The van der Waals surface area contributed by atoms with E-state index >= 15 is 0 Å². The zero-order valence-corrected chi connectivity index (χ0v) is 19.9. The molecule has 2 heterocycles. The van der Waals surface area contributed by atoms with Gasteiger partial charge in [-0.1, -0.05) is 13.0 Å². The minimum atomic E-state index is -0.314. The molecule has 1 saturated heterocycles. The molecule has 4 rings (SSSR count). The van der Waals surface area contributed by atoms with Crippen molar-refractivity contribution in [1.82, 2.24) is 5.32 Å². The monoisotopic (exact) mass is 449 g/mol. The number of hydrogen-bond donors (Lipinski definition) is 1.